The molecule has 0 aliphatic heterocycles. The lowest BCUT2D eigenvalue weighted by molar-refractivity contribution is 0.283. The third-order valence-corrected chi connectivity index (χ3v) is 2.66. The Kier molecular flexibility index (Phi) is 7.22. The summed E-state index contributed by atoms with van der Waals surface area (Å²) in [7, 11) is 0. The summed E-state index contributed by atoms with van der Waals surface area (Å²) < 4.78 is 5.33. The third kappa shape index (κ3) is 5.38. The average molecular weight is 253 g/mol. The number of hydrogen-bond donors (Lipinski definition) is 3. The Morgan fingerprint density at radius 3 is 2.78 bits per heavy atom. The van der Waals surface area contributed by atoms with E-state index in [0.29, 0.717) is 12.4 Å². The van der Waals surface area contributed by atoms with Crippen molar-refractivity contribution in [1.29, 1.82) is 0 Å². The lowest BCUT2D eigenvalue weighted by Crippen LogP contribution is -2.14. The van der Waals surface area contributed by atoms with Crippen molar-refractivity contribution in [3.05, 3.63) is 23.8 Å². The van der Waals surface area contributed by atoms with Crippen molar-refractivity contribution in [3.63, 3.8) is 0 Å². The summed E-state index contributed by atoms with van der Waals surface area (Å²) in [6.07, 6.45) is 2.98. The van der Waals surface area contributed by atoms with Crippen LogP contribution in [0.15, 0.2) is 18.2 Å². The molecule has 0 amide bonds. The van der Waals surface area contributed by atoms with Gasteiger partial charge in [-0.2, -0.15) is 0 Å². The summed E-state index contributed by atoms with van der Waals surface area (Å²) in [5, 5.41) is 21.5. The van der Waals surface area contributed by atoms with Gasteiger partial charge in [0.15, 0.2) is 11.5 Å². The number of benzene rings is 1. The number of aliphatic hydroxyl groups is 1. The fourth-order valence-electron chi connectivity index (χ4n) is 1.71. The molecular formula is C14H23NO3. The van der Waals surface area contributed by atoms with Crippen LogP contribution in [-0.4, -0.2) is 30.0 Å². The van der Waals surface area contributed by atoms with E-state index in [4.69, 9.17) is 9.84 Å². The number of unbranched alkanes of at least 4 members (excludes halogenated alkanes) is 2. The Morgan fingerprint density at radius 1 is 1.22 bits per heavy atom. The van der Waals surface area contributed by atoms with Crippen LogP contribution in [0, 0.1) is 0 Å². The second-order valence-electron chi connectivity index (χ2n) is 4.20. The van der Waals surface area contributed by atoms with E-state index >= 15 is 0 Å². The first-order chi connectivity index (χ1) is 8.77. The minimum absolute atomic E-state index is 0.184. The summed E-state index contributed by atoms with van der Waals surface area (Å²) >= 11 is 0. The van der Waals surface area contributed by atoms with Crippen molar-refractivity contribution < 1.29 is 14.9 Å². The zero-order valence-electron chi connectivity index (χ0n) is 11.0. The van der Waals surface area contributed by atoms with Crippen LogP contribution in [0.3, 0.4) is 0 Å². The lowest BCUT2D eigenvalue weighted by Gasteiger charge is -2.09. The minimum atomic E-state index is 0.184. The molecule has 0 saturated carbocycles. The molecule has 0 fully saturated rings. The largest absolute Gasteiger partial charge is 0.504 e. The Labute approximate surface area is 109 Å². The van der Waals surface area contributed by atoms with E-state index < -0.39 is 0 Å². The van der Waals surface area contributed by atoms with Gasteiger partial charge in [0.1, 0.15) is 0 Å². The maximum Gasteiger partial charge on any atom is 0.161 e. The van der Waals surface area contributed by atoms with Gasteiger partial charge in [-0.25, -0.2) is 0 Å². The molecule has 1 aromatic carbocycles. The fraction of sp³-hybridized carbons (Fsp3) is 0.571. The summed E-state index contributed by atoms with van der Waals surface area (Å²) in [4.78, 5) is 0. The van der Waals surface area contributed by atoms with Gasteiger partial charge in [-0.15, -0.1) is 0 Å². The van der Waals surface area contributed by atoms with Crippen molar-refractivity contribution in [2.24, 2.45) is 0 Å². The van der Waals surface area contributed by atoms with Crippen molar-refractivity contribution in [2.75, 3.05) is 19.8 Å². The highest BCUT2D eigenvalue weighted by Crippen LogP contribution is 2.26. The zero-order valence-corrected chi connectivity index (χ0v) is 11.0. The van der Waals surface area contributed by atoms with Crippen molar-refractivity contribution in [2.45, 2.75) is 32.7 Å². The number of phenolic OH excluding ortho intramolecular Hbond substituents is 1. The van der Waals surface area contributed by atoms with Crippen LogP contribution in [0.4, 0.5) is 0 Å². The molecule has 0 unspecified atom stereocenters. The molecule has 0 radical (unpaired) electrons. The van der Waals surface area contributed by atoms with E-state index in [-0.39, 0.29) is 12.4 Å². The first kappa shape index (κ1) is 14.8. The number of phenols is 1. The molecule has 0 saturated heterocycles. The second kappa shape index (κ2) is 8.78. The van der Waals surface area contributed by atoms with Crippen LogP contribution in [0.1, 0.15) is 31.7 Å². The molecule has 0 bridgehead atoms. The van der Waals surface area contributed by atoms with Gasteiger partial charge in [-0.3, -0.25) is 0 Å². The van der Waals surface area contributed by atoms with Gasteiger partial charge >= 0.3 is 0 Å². The van der Waals surface area contributed by atoms with Gasteiger partial charge in [0.05, 0.1) is 6.61 Å². The minimum Gasteiger partial charge on any atom is -0.504 e. The normalized spacial score (nSPS) is 10.6. The molecule has 0 aliphatic rings. The maximum atomic E-state index is 9.57. The highest BCUT2D eigenvalue weighted by atomic mass is 16.5. The molecule has 0 aliphatic carbocycles. The first-order valence-corrected chi connectivity index (χ1v) is 6.54. The summed E-state index contributed by atoms with van der Waals surface area (Å²) in [6.45, 7) is 4.41. The third-order valence-electron chi connectivity index (χ3n) is 2.66. The molecule has 18 heavy (non-hydrogen) atoms. The number of ether oxygens (including phenoxy) is 1. The van der Waals surface area contributed by atoms with Gasteiger partial charge in [0.2, 0.25) is 0 Å². The number of rotatable bonds is 9. The SMILES string of the molecule is CCOc1cc(CNCCCCCO)ccc1O. The van der Waals surface area contributed by atoms with E-state index in [9.17, 15) is 5.11 Å². The van der Waals surface area contributed by atoms with Crippen molar-refractivity contribution in [1.82, 2.24) is 5.32 Å². The molecule has 1 rings (SSSR count). The zero-order chi connectivity index (χ0) is 13.2. The predicted octanol–water partition coefficient (Wildman–Crippen LogP) is 2.04. The predicted molar refractivity (Wildman–Crippen MR) is 71.9 cm³/mol. The van der Waals surface area contributed by atoms with Crippen LogP contribution in [0.25, 0.3) is 0 Å². The number of aliphatic hydroxyl groups excluding tert-OH is 1. The highest BCUT2D eigenvalue weighted by molar-refractivity contribution is 5.41. The van der Waals surface area contributed by atoms with Gasteiger partial charge in [0.25, 0.3) is 0 Å². The summed E-state index contributed by atoms with van der Waals surface area (Å²) in [6, 6.07) is 5.41. The number of nitrogens with one attached hydrogen (secondary N) is 1. The van der Waals surface area contributed by atoms with E-state index in [1.807, 2.05) is 19.1 Å². The van der Waals surface area contributed by atoms with Gasteiger partial charge in [-0.1, -0.05) is 6.07 Å². The molecule has 0 heterocycles. The van der Waals surface area contributed by atoms with E-state index in [2.05, 4.69) is 5.32 Å². The van der Waals surface area contributed by atoms with Crippen LogP contribution < -0.4 is 10.1 Å². The number of hydrogen-bond acceptors (Lipinski definition) is 4. The molecule has 4 heteroatoms. The van der Waals surface area contributed by atoms with Gasteiger partial charge in [0, 0.05) is 13.2 Å². The Morgan fingerprint density at radius 2 is 2.06 bits per heavy atom. The van der Waals surface area contributed by atoms with Gasteiger partial charge in [-0.05, 0) is 50.4 Å². The monoisotopic (exact) mass is 253 g/mol. The first-order valence-electron chi connectivity index (χ1n) is 6.54. The van der Waals surface area contributed by atoms with Crippen LogP contribution in [-0.2, 0) is 6.54 Å². The molecule has 0 spiro atoms. The lowest BCUT2D eigenvalue weighted by atomic mass is 10.2. The van der Waals surface area contributed by atoms with E-state index in [0.717, 1.165) is 37.9 Å². The fourth-order valence-corrected chi connectivity index (χ4v) is 1.71. The van der Waals surface area contributed by atoms with Crippen molar-refractivity contribution in [3.8, 4) is 11.5 Å². The quantitative estimate of drug-likeness (QED) is 0.589. The average Bonchev–Trinajstić information content (AvgIpc) is 2.37. The Hall–Kier alpha value is -1.26. The molecule has 4 nitrogen and oxygen atoms in total. The molecule has 3 N–H and O–H groups in total. The second-order valence-corrected chi connectivity index (χ2v) is 4.20. The smallest absolute Gasteiger partial charge is 0.161 e. The molecule has 0 atom stereocenters. The van der Waals surface area contributed by atoms with Crippen LogP contribution in [0.2, 0.25) is 0 Å². The standard InChI is InChI=1S/C14H23NO3/c1-2-18-14-10-12(6-7-13(14)17)11-15-8-4-3-5-9-16/h6-7,10,15-17H,2-5,8-9,11H2,1H3. The van der Waals surface area contributed by atoms with Gasteiger partial charge < -0.3 is 20.3 Å². The van der Waals surface area contributed by atoms with E-state index in [1.165, 1.54) is 0 Å². The number of aromatic hydroxyl groups is 1. The molecule has 102 valence electrons. The topological polar surface area (TPSA) is 61.7 Å². The summed E-state index contributed by atoms with van der Waals surface area (Å²) in [5.41, 5.74) is 1.10. The molecular weight excluding hydrogens is 230 g/mol. The molecule has 0 aromatic heterocycles. The Balaban J connectivity index is 2.31. The van der Waals surface area contributed by atoms with Crippen LogP contribution in [0.5, 0.6) is 11.5 Å². The van der Waals surface area contributed by atoms with Crippen molar-refractivity contribution >= 4 is 0 Å². The van der Waals surface area contributed by atoms with E-state index in [1.54, 1.807) is 6.07 Å². The highest BCUT2D eigenvalue weighted by Gasteiger charge is 2.03. The molecule has 1 aromatic rings. The van der Waals surface area contributed by atoms with Crippen LogP contribution >= 0.6 is 0 Å². The maximum absolute atomic E-state index is 9.57. The summed E-state index contributed by atoms with van der Waals surface area (Å²) in [5.74, 6) is 0.723. The Bertz CT molecular complexity index is 342.